The fourth-order valence-electron chi connectivity index (χ4n) is 4.38. The van der Waals surface area contributed by atoms with E-state index < -0.39 is 21.0 Å². The summed E-state index contributed by atoms with van der Waals surface area (Å²) in [5.41, 5.74) is 0.177. The molecule has 28 heavy (non-hydrogen) atoms. The standard InChI is InChI=1S/C20H19N3O5/c1-12-16(22(24)25)11-13-9-10-20(28-18(13)17(12)23(26)27)19(2,3)14-7-5-6-8-15(14)21(20)4/h5-11H,1-4H3/t20-/m1/s1. The van der Waals surface area contributed by atoms with Crippen molar-refractivity contribution in [2.24, 2.45) is 0 Å². The molecule has 8 heteroatoms. The lowest BCUT2D eigenvalue weighted by atomic mass is 9.76. The molecule has 2 aromatic carbocycles. The van der Waals surface area contributed by atoms with Gasteiger partial charge in [-0.1, -0.05) is 18.2 Å². The fraction of sp³-hybridized carbons (Fsp3) is 0.300. The molecule has 0 aliphatic carbocycles. The largest absolute Gasteiger partial charge is 0.456 e. The Labute approximate surface area is 161 Å². The first-order valence-corrected chi connectivity index (χ1v) is 8.80. The van der Waals surface area contributed by atoms with Crippen molar-refractivity contribution >= 4 is 23.1 Å². The molecule has 2 aromatic rings. The molecule has 1 atom stereocenters. The predicted molar refractivity (Wildman–Crippen MR) is 105 cm³/mol. The second-order valence-electron chi connectivity index (χ2n) is 7.63. The van der Waals surface area contributed by atoms with Crippen LogP contribution in [0.5, 0.6) is 5.75 Å². The quantitative estimate of drug-likeness (QED) is 0.567. The summed E-state index contributed by atoms with van der Waals surface area (Å²) in [6, 6.07) is 9.21. The summed E-state index contributed by atoms with van der Waals surface area (Å²) in [5.74, 6) is 0.0586. The number of fused-ring (bicyclic) bond motifs is 2. The number of nitrogens with zero attached hydrogens (tertiary/aromatic N) is 3. The van der Waals surface area contributed by atoms with Gasteiger partial charge in [0.2, 0.25) is 11.5 Å². The van der Waals surface area contributed by atoms with Gasteiger partial charge in [-0.3, -0.25) is 20.2 Å². The Balaban J connectivity index is 1.96. The Bertz CT molecular complexity index is 1080. The summed E-state index contributed by atoms with van der Waals surface area (Å²) in [6.07, 6.45) is 3.51. The predicted octanol–water partition coefficient (Wildman–Crippen LogP) is 4.34. The lowest BCUT2D eigenvalue weighted by Gasteiger charge is -2.45. The van der Waals surface area contributed by atoms with Gasteiger partial charge in [-0.05, 0) is 44.6 Å². The van der Waals surface area contributed by atoms with Crippen LogP contribution in [0.1, 0.15) is 30.5 Å². The van der Waals surface area contributed by atoms with E-state index in [1.54, 1.807) is 6.08 Å². The van der Waals surface area contributed by atoms with Crippen LogP contribution in [0.15, 0.2) is 36.4 Å². The number of nitro groups is 2. The highest BCUT2D eigenvalue weighted by molar-refractivity contribution is 5.78. The zero-order valence-electron chi connectivity index (χ0n) is 15.9. The van der Waals surface area contributed by atoms with Gasteiger partial charge < -0.3 is 9.64 Å². The molecule has 2 aliphatic rings. The van der Waals surface area contributed by atoms with E-state index in [1.807, 2.05) is 56.1 Å². The van der Waals surface area contributed by atoms with E-state index in [2.05, 4.69) is 0 Å². The summed E-state index contributed by atoms with van der Waals surface area (Å²) >= 11 is 0. The lowest BCUT2D eigenvalue weighted by Crippen LogP contribution is -2.58. The zero-order valence-corrected chi connectivity index (χ0v) is 15.9. The maximum atomic E-state index is 11.8. The van der Waals surface area contributed by atoms with Crippen LogP contribution >= 0.6 is 0 Å². The van der Waals surface area contributed by atoms with Crippen molar-refractivity contribution in [3.63, 3.8) is 0 Å². The van der Waals surface area contributed by atoms with Gasteiger partial charge >= 0.3 is 5.69 Å². The lowest BCUT2D eigenvalue weighted by molar-refractivity contribution is -0.396. The molecule has 0 aromatic heterocycles. The second kappa shape index (κ2) is 5.54. The number of nitro benzene ring substituents is 2. The maximum Gasteiger partial charge on any atom is 0.321 e. The monoisotopic (exact) mass is 381 g/mol. The number of anilines is 1. The van der Waals surface area contributed by atoms with Crippen molar-refractivity contribution in [3.8, 4) is 5.75 Å². The Hall–Kier alpha value is -3.42. The minimum absolute atomic E-state index is 0.0184. The molecule has 0 saturated carbocycles. The average molecular weight is 381 g/mol. The minimum atomic E-state index is -0.989. The van der Waals surface area contributed by atoms with Crippen molar-refractivity contribution in [1.82, 2.24) is 0 Å². The molecular weight excluding hydrogens is 362 g/mol. The Morgan fingerprint density at radius 2 is 1.79 bits per heavy atom. The molecule has 2 aliphatic heterocycles. The molecule has 0 saturated heterocycles. The van der Waals surface area contributed by atoms with E-state index in [4.69, 9.17) is 4.74 Å². The van der Waals surface area contributed by atoms with Crippen LogP contribution in [0.4, 0.5) is 17.1 Å². The molecule has 8 nitrogen and oxygen atoms in total. The first-order chi connectivity index (χ1) is 13.1. The van der Waals surface area contributed by atoms with Gasteiger partial charge in [0.05, 0.1) is 15.3 Å². The van der Waals surface area contributed by atoms with Crippen LogP contribution in [0, 0.1) is 27.2 Å². The minimum Gasteiger partial charge on any atom is -0.456 e. The zero-order chi connectivity index (χ0) is 20.4. The Morgan fingerprint density at radius 3 is 2.39 bits per heavy atom. The summed E-state index contributed by atoms with van der Waals surface area (Å²) < 4.78 is 6.37. The third kappa shape index (κ3) is 2.05. The molecule has 4 rings (SSSR count). The van der Waals surface area contributed by atoms with E-state index in [0.717, 1.165) is 11.3 Å². The van der Waals surface area contributed by atoms with Gasteiger partial charge in [-0.2, -0.15) is 0 Å². The maximum absolute atomic E-state index is 11.8. The van der Waals surface area contributed by atoms with Crippen molar-refractivity contribution in [2.75, 3.05) is 11.9 Å². The molecule has 0 fully saturated rings. The van der Waals surface area contributed by atoms with E-state index in [9.17, 15) is 20.2 Å². The topological polar surface area (TPSA) is 98.8 Å². The third-order valence-corrected chi connectivity index (χ3v) is 5.97. The number of hydrogen-bond acceptors (Lipinski definition) is 6. The fourth-order valence-corrected chi connectivity index (χ4v) is 4.38. The van der Waals surface area contributed by atoms with Crippen LogP contribution in [-0.2, 0) is 5.41 Å². The van der Waals surface area contributed by atoms with Crippen molar-refractivity contribution in [1.29, 1.82) is 0 Å². The Kier molecular flexibility index (Phi) is 3.56. The Morgan fingerprint density at radius 1 is 1.11 bits per heavy atom. The van der Waals surface area contributed by atoms with Gasteiger partial charge in [0.1, 0.15) is 5.56 Å². The SMILES string of the molecule is Cc1c([N+](=O)[O-])cc2c(c1[N+](=O)[O-])O[C@@]1(C=C2)N(C)c2ccccc2C1(C)C. The van der Waals surface area contributed by atoms with Crippen LogP contribution in [0.2, 0.25) is 0 Å². The first-order valence-electron chi connectivity index (χ1n) is 8.80. The molecule has 0 unspecified atom stereocenters. The van der Waals surface area contributed by atoms with Crippen LogP contribution in [0.3, 0.4) is 0 Å². The molecule has 2 heterocycles. The highest BCUT2D eigenvalue weighted by Crippen LogP contribution is 2.56. The van der Waals surface area contributed by atoms with Gasteiger partial charge in [-0.25, -0.2) is 0 Å². The highest BCUT2D eigenvalue weighted by atomic mass is 16.6. The van der Waals surface area contributed by atoms with Gasteiger partial charge in [0.25, 0.3) is 5.69 Å². The molecular formula is C20H19N3O5. The first kappa shape index (κ1) is 18.0. The summed E-state index contributed by atoms with van der Waals surface area (Å²) in [7, 11) is 1.88. The number of likely N-dealkylation sites (N-methyl/N-ethyl adjacent to an activating group) is 1. The van der Waals surface area contributed by atoms with Crippen LogP contribution in [-0.4, -0.2) is 22.6 Å². The molecule has 0 N–H and O–H groups in total. The number of hydrogen-bond donors (Lipinski definition) is 0. The van der Waals surface area contributed by atoms with Gasteiger partial charge in [-0.15, -0.1) is 0 Å². The van der Waals surface area contributed by atoms with Crippen molar-refractivity contribution < 1.29 is 14.6 Å². The normalized spacial score (nSPS) is 21.2. The van der Waals surface area contributed by atoms with Crippen LogP contribution < -0.4 is 9.64 Å². The summed E-state index contributed by atoms with van der Waals surface area (Å²) in [6.45, 7) is 5.42. The number of ether oxygens (including phenoxy) is 1. The smallest absolute Gasteiger partial charge is 0.321 e. The highest BCUT2D eigenvalue weighted by Gasteiger charge is 2.58. The molecule has 144 valence electrons. The summed E-state index contributed by atoms with van der Waals surface area (Å²) in [4.78, 5) is 23.9. The third-order valence-electron chi connectivity index (χ3n) is 5.97. The van der Waals surface area contributed by atoms with Gasteiger partial charge in [0, 0.05) is 24.4 Å². The van der Waals surface area contributed by atoms with Crippen molar-refractivity contribution in [3.05, 3.63) is 73.3 Å². The number of benzene rings is 2. The van der Waals surface area contributed by atoms with Crippen molar-refractivity contribution in [2.45, 2.75) is 31.9 Å². The molecule has 1 spiro atoms. The van der Waals surface area contributed by atoms with E-state index >= 15 is 0 Å². The number of para-hydroxylation sites is 1. The van der Waals surface area contributed by atoms with Gasteiger partial charge in [0.15, 0.2) is 0 Å². The molecule has 0 radical (unpaired) electrons. The van der Waals surface area contributed by atoms with E-state index in [0.29, 0.717) is 5.56 Å². The van der Waals surface area contributed by atoms with E-state index in [1.165, 1.54) is 13.0 Å². The second-order valence-corrected chi connectivity index (χ2v) is 7.63. The molecule has 0 amide bonds. The van der Waals surface area contributed by atoms with E-state index in [-0.39, 0.29) is 22.7 Å². The molecule has 0 bridgehead atoms. The summed E-state index contributed by atoms with van der Waals surface area (Å²) in [5, 5.41) is 23.1. The average Bonchev–Trinajstić information content (AvgIpc) is 2.80. The number of rotatable bonds is 2. The van der Waals surface area contributed by atoms with Crippen LogP contribution in [0.25, 0.3) is 6.08 Å².